The number of carbonyl (C=O) groups is 1. The second-order valence-electron chi connectivity index (χ2n) is 6.13. The third kappa shape index (κ3) is 4.60. The molecule has 1 aliphatic rings. The maximum Gasteiger partial charge on any atom is 0.224 e. The van der Waals surface area contributed by atoms with Gasteiger partial charge in [-0.15, -0.1) is 0 Å². The predicted octanol–water partition coefficient (Wildman–Crippen LogP) is 2.69. The summed E-state index contributed by atoms with van der Waals surface area (Å²) >= 11 is 0. The molecule has 0 aromatic heterocycles. The van der Waals surface area contributed by atoms with Crippen LogP contribution in [-0.2, 0) is 4.79 Å². The van der Waals surface area contributed by atoms with Crippen LogP contribution in [0.4, 0.5) is 0 Å². The van der Waals surface area contributed by atoms with Crippen molar-refractivity contribution in [2.24, 2.45) is 23.5 Å². The molecule has 106 valence electrons. The van der Waals surface area contributed by atoms with Crippen molar-refractivity contribution >= 4 is 5.91 Å². The Morgan fingerprint density at radius 3 is 2.56 bits per heavy atom. The van der Waals surface area contributed by atoms with Gasteiger partial charge < -0.3 is 11.1 Å². The quantitative estimate of drug-likeness (QED) is 0.765. The van der Waals surface area contributed by atoms with Crippen molar-refractivity contribution in [2.75, 3.05) is 6.54 Å². The Hall–Kier alpha value is -0.570. The van der Waals surface area contributed by atoms with E-state index in [-0.39, 0.29) is 11.8 Å². The molecule has 0 aromatic rings. The van der Waals surface area contributed by atoms with E-state index in [0.29, 0.717) is 24.4 Å². The molecule has 0 saturated heterocycles. The first kappa shape index (κ1) is 15.5. The fraction of sp³-hybridized carbons (Fsp3) is 0.933. The van der Waals surface area contributed by atoms with Gasteiger partial charge in [0, 0.05) is 12.6 Å². The number of nitrogens with two attached hydrogens (primary N) is 1. The summed E-state index contributed by atoms with van der Waals surface area (Å²) in [6.07, 6.45) is 7.03. The first-order valence-corrected chi connectivity index (χ1v) is 7.58. The highest BCUT2D eigenvalue weighted by molar-refractivity contribution is 5.79. The monoisotopic (exact) mass is 254 g/mol. The van der Waals surface area contributed by atoms with E-state index in [4.69, 9.17) is 5.73 Å². The molecule has 18 heavy (non-hydrogen) atoms. The van der Waals surface area contributed by atoms with Crippen molar-refractivity contribution in [2.45, 2.75) is 65.3 Å². The standard InChI is InChI=1S/C15H30N2O/c1-4-12-7-5-6-8-14(12)17-15(18)13(10-16)9-11(2)3/h11-14H,4-10,16H2,1-3H3,(H,17,18). The van der Waals surface area contributed by atoms with Gasteiger partial charge in [-0.2, -0.15) is 0 Å². The average Bonchev–Trinajstić information content (AvgIpc) is 2.36. The molecule has 1 rings (SSSR count). The molecule has 1 amide bonds. The molecular weight excluding hydrogens is 224 g/mol. The van der Waals surface area contributed by atoms with Crippen molar-refractivity contribution in [3.63, 3.8) is 0 Å². The van der Waals surface area contributed by atoms with Crippen molar-refractivity contribution in [3.05, 3.63) is 0 Å². The van der Waals surface area contributed by atoms with Gasteiger partial charge in [-0.1, -0.05) is 40.0 Å². The Labute approximate surface area is 112 Å². The largest absolute Gasteiger partial charge is 0.353 e. The molecule has 0 radical (unpaired) electrons. The summed E-state index contributed by atoms with van der Waals surface area (Å²) in [6.45, 7) is 6.98. The van der Waals surface area contributed by atoms with Gasteiger partial charge >= 0.3 is 0 Å². The van der Waals surface area contributed by atoms with Gasteiger partial charge in [-0.05, 0) is 31.1 Å². The van der Waals surface area contributed by atoms with Crippen LogP contribution in [0, 0.1) is 17.8 Å². The van der Waals surface area contributed by atoms with Crippen molar-refractivity contribution < 1.29 is 4.79 Å². The van der Waals surface area contributed by atoms with Gasteiger partial charge in [-0.3, -0.25) is 4.79 Å². The SMILES string of the molecule is CCC1CCCCC1NC(=O)C(CN)CC(C)C. The molecule has 0 bridgehead atoms. The lowest BCUT2D eigenvalue weighted by Gasteiger charge is -2.32. The molecule has 3 N–H and O–H groups in total. The van der Waals surface area contributed by atoms with Crippen LogP contribution in [-0.4, -0.2) is 18.5 Å². The first-order chi connectivity index (χ1) is 8.58. The zero-order chi connectivity index (χ0) is 13.5. The van der Waals surface area contributed by atoms with E-state index < -0.39 is 0 Å². The second kappa shape index (κ2) is 7.78. The molecule has 3 atom stereocenters. The van der Waals surface area contributed by atoms with Crippen molar-refractivity contribution in [1.29, 1.82) is 0 Å². The van der Waals surface area contributed by atoms with Crippen LogP contribution in [0.1, 0.15) is 59.3 Å². The van der Waals surface area contributed by atoms with Gasteiger partial charge in [0.1, 0.15) is 0 Å². The molecule has 3 nitrogen and oxygen atoms in total. The third-order valence-corrected chi connectivity index (χ3v) is 4.17. The van der Waals surface area contributed by atoms with Crippen LogP contribution >= 0.6 is 0 Å². The topological polar surface area (TPSA) is 55.1 Å². The van der Waals surface area contributed by atoms with E-state index in [2.05, 4.69) is 26.1 Å². The highest BCUT2D eigenvalue weighted by Crippen LogP contribution is 2.27. The van der Waals surface area contributed by atoms with Gasteiger partial charge in [0.2, 0.25) is 5.91 Å². The van der Waals surface area contributed by atoms with Crippen molar-refractivity contribution in [1.82, 2.24) is 5.32 Å². The first-order valence-electron chi connectivity index (χ1n) is 7.58. The lowest BCUT2D eigenvalue weighted by Crippen LogP contribution is -2.46. The number of amides is 1. The summed E-state index contributed by atoms with van der Waals surface area (Å²) in [4.78, 5) is 12.2. The van der Waals surface area contributed by atoms with E-state index in [1.165, 1.54) is 25.7 Å². The van der Waals surface area contributed by atoms with Crippen LogP contribution < -0.4 is 11.1 Å². The van der Waals surface area contributed by atoms with Crippen molar-refractivity contribution in [3.8, 4) is 0 Å². The third-order valence-electron chi connectivity index (χ3n) is 4.17. The molecule has 1 saturated carbocycles. The average molecular weight is 254 g/mol. The Bertz CT molecular complexity index is 253. The number of hydrogen-bond acceptors (Lipinski definition) is 2. The van der Waals surface area contributed by atoms with Crippen LogP contribution in [0.3, 0.4) is 0 Å². The van der Waals surface area contributed by atoms with E-state index in [1.54, 1.807) is 0 Å². The highest BCUT2D eigenvalue weighted by atomic mass is 16.1. The van der Waals surface area contributed by atoms with Gasteiger partial charge in [0.15, 0.2) is 0 Å². The summed E-state index contributed by atoms with van der Waals surface area (Å²) in [7, 11) is 0. The Balaban J connectivity index is 2.50. The second-order valence-corrected chi connectivity index (χ2v) is 6.13. The molecule has 0 aromatic carbocycles. The van der Waals surface area contributed by atoms with E-state index in [1.807, 2.05) is 0 Å². The van der Waals surface area contributed by atoms with Crippen LogP contribution in [0.25, 0.3) is 0 Å². The normalized spacial score (nSPS) is 26.1. The Morgan fingerprint density at radius 1 is 1.33 bits per heavy atom. The van der Waals surface area contributed by atoms with E-state index in [0.717, 1.165) is 12.8 Å². The number of carbonyl (C=O) groups excluding carboxylic acids is 1. The molecule has 3 heteroatoms. The summed E-state index contributed by atoms with van der Waals surface area (Å²) in [6, 6.07) is 0.387. The fourth-order valence-corrected chi connectivity index (χ4v) is 3.07. The molecule has 0 heterocycles. The minimum absolute atomic E-state index is 0.00978. The molecular formula is C15H30N2O. The number of hydrogen-bond donors (Lipinski definition) is 2. The lowest BCUT2D eigenvalue weighted by molar-refractivity contribution is -0.126. The van der Waals surface area contributed by atoms with E-state index >= 15 is 0 Å². The Morgan fingerprint density at radius 2 is 2.00 bits per heavy atom. The van der Waals surface area contributed by atoms with Gasteiger partial charge in [0.05, 0.1) is 5.92 Å². The predicted molar refractivity (Wildman–Crippen MR) is 76.2 cm³/mol. The number of rotatable bonds is 6. The van der Waals surface area contributed by atoms with Gasteiger partial charge in [-0.25, -0.2) is 0 Å². The zero-order valence-corrected chi connectivity index (χ0v) is 12.2. The lowest BCUT2D eigenvalue weighted by atomic mass is 9.82. The highest BCUT2D eigenvalue weighted by Gasteiger charge is 2.27. The summed E-state index contributed by atoms with van der Waals surface area (Å²) < 4.78 is 0. The maximum atomic E-state index is 12.2. The summed E-state index contributed by atoms with van der Waals surface area (Å²) in [5, 5.41) is 3.26. The molecule has 0 aliphatic heterocycles. The van der Waals surface area contributed by atoms with Gasteiger partial charge in [0.25, 0.3) is 0 Å². The van der Waals surface area contributed by atoms with Crippen LogP contribution in [0.5, 0.6) is 0 Å². The molecule has 0 spiro atoms. The van der Waals surface area contributed by atoms with E-state index in [9.17, 15) is 4.79 Å². The minimum Gasteiger partial charge on any atom is -0.353 e. The van der Waals surface area contributed by atoms with Crippen LogP contribution in [0.15, 0.2) is 0 Å². The Kier molecular flexibility index (Phi) is 6.69. The molecule has 3 unspecified atom stereocenters. The fourth-order valence-electron chi connectivity index (χ4n) is 3.07. The smallest absolute Gasteiger partial charge is 0.224 e. The zero-order valence-electron chi connectivity index (χ0n) is 12.2. The molecule has 1 fully saturated rings. The minimum atomic E-state index is -0.00978. The maximum absolute atomic E-state index is 12.2. The summed E-state index contributed by atoms with van der Waals surface area (Å²) in [5.41, 5.74) is 5.73. The molecule has 1 aliphatic carbocycles. The van der Waals surface area contributed by atoms with Crippen LogP contribution in [0.2, 0.25) is 0 Å². The summed E-state index contributed by atoms with van der Waals surface area (Å²) in [5.74, 6) is 1.36. The number of nitrogens with one attached hydrogen (secondary N) is 1.